The summed E-state index contributed by atoms with van der Waals surface area (Å²) in [4.78, 5) is 33.5. The highest BCUT2D eigenvalue weighted by Crippen LogP contribution is 2.04. The fourth-order valence-electron chi connectivity index (χ4n) is 1.10. The first kappa shape index (κ1) is 15.4. The average Bonchev–Trinajstić information content (AvgIpc) is 2.27. The number of esters is 2. The molecule has 0 bridgehead atoms. The molecular weight excluding hydrogens is 226 g/mol. The summed E-state index contributed by atoms with van der Waals surface area (Å²) in [7, 11) is 0. The predicted octanol–water partition coefficient (Wildman–Crippen LogP) is 0.255. The summed E-state index contributed by atoms with van der Waals surface area (Å²) in [6, 6.07) is 0. The molecule has 0 aliphatic heterocycles. The van der Waals surface area contributed by atoms with Gasteiger partial charge in [0.1, 0.15) is 6.54 Å². The Balaban J connectivity index is 3.85. The highest BCUT2D eigenvalue weighted by Gasteiger charge is 2.18. The van der Waals surface area contributed by atoms with Gasteiger partial charge in [-0.05, 0) is 13.8 Å². The molecule has 0 radical (unpaired) electrons. The maximum absolute atomic E-state index is 11.3. The van der Waals surface area contributed by atoms with Gasteiger partial charge >= 0.3 is 11.9 Å². The second kappa shape index (κ2) is 8.55. The van der Waals surface area contributed by atoms with Gasteiger partial charge in [0.05, 0.1) is 19.1 Å². The SMILES string of the molecule is CCOC(=O)CNC(=O)CC(C)C(=O)OCC. The second-order valence-corrected chi connectivity index (χ2v) is 3.44. The zero-order chi connectivity index (χ0) is 13.3. The zero-order valence-electron chi connectivity index (χ0n) is 10.4. The molecule has 0 spiro atoms. The summed E-state index contributed by atoms with van der Waals surface area (Å²) in [6.45, 7) is 5.36. The van der Waals surface area contributed by atoms with E-state index in [4.69, 9.17) is 4.74 Å². The Morgan fingerprint density at radius 3 is 2.24 bits per heavy atom. The molecule has 0 heterocycles. The summed E-state index contributed by atoms with van der Waals surface area (Å²) < 4.78 is 9.40. The Bertz CT molecular complexity index is 277. The van der Waals surface area contributed by atoms with Crippen molar-refractivity contribution in [1.82, 2.24) is 5.32 Å². The van der Waals surface area contributed by atoms with Gasteiger partial charge in [-0.25, -0.2) is 0 Å². The van der Waals surface area contributed by atoms with Crippen molar-refractivity contribution in [1.29, 1.82) is 0 Å². The van der Waals surface area contributed by atoms with Crippen LogP contribution in [0.25, 0.3) is 0 Å². The zero-order valence-corrected chi connectivity index (χ0v) is 10.4. The van der Waals surface area contributed by atoms with E-state index in [0.29, 0.717) is 0 Å². The summed E-state index contributed by atoms with van der Waals surface area (Å²) >= 11 is 0. The van der Waals surface area contributed by atoms with Crippen LogP contribution in [-0.2, 0) is 23.9 Å². The fraction of sp³-hybridized carbons (Fsp3) is 0.727. The lowest BCUT2D eigenvalue weighted by Crippen LogP contribution is -2.32. The molecule has 0 saturated carbocycles. The van der Waals surface area contributed by atoms with Crippen molar-refractivity contribution in [2.45, 2.75) is 27.2 Å². The Morgan fingerprint density at radius 2 is 1.71 bits per heavy atom. The van der Waals surface area contributed by atoms with Gasteiger partial charge in [0, 0.05) is 6.42 Å². The number of hydrogen-bond acceptors (Lipinski definition) is 5. The van der Waals surface area contributed by atoms with Gasteiger partial charge in [-0.1, -0.05) is 6.92 Å². The lowest BCUT2D eigenvalue weighted by Gasteiger charge is -2.10. The van der Waals surface area contributed by atoms with E-state index in [-0.39, 0.29) is 32.1 Å². The van der Waals surface area contributed by atoms with Crippen LogP contribution in [0.2, 0.25) is 0 Å². The fourth-order valence-corrected chi connectivity index (χ4v) is 1.10. The van der Waals surface area contributed by atoms with Crippen LogP contribution in [0, 0.1) is 5.92 Å². The molecule has 0 rings (SSSR count). The largest absolute Gasteiger partial charge is 0.466 e. The normalized spacial score (nSPS) is 11.5. The van der Waals surface area contributed by atoms with E-state index < -0.39 is 17.9 Å². The molecule has 1 atom stereocenters. The molecule has 1 N–H and O–H groups in total. The maximum Gasteiger partial charge on any atom is 0.325 e. The molecule has 0 aliphatic carbocycles. The van der Waals surface area contributed by atoms with Crippen molar-refractivity contribution >= 4 is 17.8 Å². The molecule has 6 heteroatoms. The van der Waals surface area contributed by atoms with E-state index in [1.165, 1.54) is 0 Å². The topological polar surface area (TPSA) is 81.7 Å². The van der Waals surface area contributed by atoms with Gasteiger partial charge in [-0.2, -0.15) is 0 Å². The van der Waals surface area contributed by atoms with Crippen LogP contribution in [0.5, 0.6) is 0 Å². The quantitative estimate of drug-likeness (QED) is 0.650. The van der Waals surface area contributed by atoms with Crippen LogP contribution in [0.15, 0.2) is 0 Å². The van der Waals surface area contributed by atoms with Crippen molar-refractivity contribution in [2.75, 3.05) is 19.8 Å². The first-order chi connectivity index (χ1) is 8.01. The molecule has 17 heavy (non-hydrogen) atoms. The first-order valence-electron chi connectivity index (χ1n) is 5.60. The highest BCUT2D eigenvalue weighted by atomic mass is 16.5. The van der Waals surface area contributed by atoms with Crippen LogP contribution in [0.1, 0.15) is 27.2 Å². The number of amides is 1. The molecular formula is C11H19NO5. The molecule has 1 amide bonds. The summed E-state index contributed by atoms with van der Waals surface area (Å²) in [5.74, 6) is -1.81. The molecule has 0 aromatic rings. The molecule has 0 aromatic carbocycles. The van der Waals surface area contributed by atoms with Gasteiger partial charge in [0.15, 0.2) is 0 Å². The van der Waals surface area contributed by atoms with E-state index in [9.17, 15) is 14.4 Å². The van der Waals surface area contributed by atoms with Crippen LogP contribution in [0.3, 0.4) is 0 Å². The van der Waals surface area contributed by atoms with E-state index >= 15 is 0 Å². The average molecular weight is 245 g/mol. The number of carbonyl (C=O) groups is 3. The number of carbonyl (C=O) groups excluding carboxylic acids is 3. The molecule has 0 aliphatic rings. The van der Waals surface area contributed by atoms with Crippen molar-refractivity contribution in [3.63, 3.8) is 0 Å². The number of ether oxygens (including phenoxy) is 2. The monoisotopic (exact) mass is 245 g/mol. The molecule has 6 nitrogen and oxygen atoms in total. The minimum Gasteiger partial charge on any atom is -0.466 e. The Morgan fingerprint density at radius 1 is 1.12 bits per heavy atom. The summed E-state index contributed by atoms with van der Waals surface area (Å²) in [6.07, 6.45) is -0.00175. The molecule has 1 unspecified atom stereocenters. The van der Waals surface area contributed by atoms with Crippen molar-refractivity contribution in [2.24, 2.45) is 5.92 Å². The van der Waals surface area contributed by atoms with Crippen LogP contribution in [0.4, 0.5) is 0 Å². The smallest absolute Gasteiger partial charge is 0.325 e. The lowest BCUT2D eigenvalue weighted by molar-refractivity contribution is -0.149. The van der Waals surface area contributed by atoms with Crippen molar-refractivity contribution in [3.05, 3.63) is 0 Å². The van der Waals surface area contributed by atoms with Gasteiger partial charge < -0.3 is 14.8 Å². The molecule has 0 saturated heterocycles. The van der Waals surface area contributed by atoms with Crippen molar-refractivity contribution < 1.29 is 23.9 Å². The lowest BCUT2D eigenvalue weighted by atomic mass is 10.1. The van der Waals surface area contributed by atoms with Gasteiger partial charge in [0.2, 0.25) is 5.91 Å². The van der Waals surface area contributed by atoms with E-state index in [1.807, 2.05) is 0 Å². The van der Waals surface area contributed by atoms with Crippen LogP contribution < -0.4 is 5.32 Å². The first-order valence-corrected chi connectivity index (χ1v) is 5.60. The maximum atomic E-state index is 11.3. The standard InChI is InChI=1S/C11H19NO5/c1-4-16-10(14)7-12-9(13)6-8(3)11(15)17-5-2/h8H,4-7H2,1-3H3,(H,12,13). The summed E-state index contributed by atoms with van der Waals surface area (Å²) in [5.41, 5.74) is 0. The highest BCUT2D eigenvalue weighted by molar-refractivity contribution is 5.85. The van der Waals surface area contributed by atoms with Gasteiger partial charge in [-0.15, -0.1) is 0 Å². The molecule has 98 valence electrons. The Kier molecular flexibility index (Phi) is 7.75. The predicted molar refractivity (Wildman–Crippen MR) is 60.1 cm³/mol. The van der Waals surface area contributed by atoms with E-state index in [1.54, 1.807) is 20.8 Å². The number of rotatable bonds is 7. The Labute approximate surface area is 101 Å². The van der Waals surface area contributed by atoms with Crippen molar-refractivity contribution in [3.8, 4) is 0 Å². The Hall–Kier alpha value is -1.59. The van der Waals surface area contributed by atoms with Crippen LogP contribution >= 0.6 is 0 Å². The van der Waals surface area contributed by atoms with Crippen LogP contribution in [-0.4, -0.2) is 37.6 Å². The molecule has 0 aromatic heterocycles. The van der Waals surface area contributed by atoms with E-state index in [2.05, 4.69) is 10.1 Å². The van der Waals surface area contributed by atoms with Gasteiger partial charge in [0.25, 0.3) is 0 Å². The third-order valence-electron chi connectivity index (χ3n) is 1.92. The third-order valence-corrected chi connectivity index (χ3v) is 1.92. The minimum atomic E-state index is -0.517. The second-order valence-electron chi connectivity index (χ2n) is 3.44. The third kappa shape index (κ3) is 7.32. The molecule has 0 fully saturated rings. The van der Waals surface area contributed by atoms with Gasteiger partial charge in [-0.3, -0.25) is 14.4 Å². The summed E-state index contributed by atoms with van der Waals surface area (Å²) in [5, 5.41) is 2.37. The number of nitrogens with one attached hydrogen (secondary N) is 1. The minimum absolute atomic E-state index is 0.00175. The number of hydrogen-bond donors (Lipinski definition) is 1. The van der Waals surface area contributed by atoms with E-state index in [0.717, 1.165) is 0 Å².